The number of ether oxygens (including phenoxy) is 1. The molecule has 0 aliphatic carbocycles. The number of benzene rings is 1. The van der Waals surface area contributed by atoms with Crippen LogP contribution in [-0.4, -0.2) is 22.1 Å². The Hall–Kier alpha value is -2.63. The Labute approximate surface area is 101 Å². The number of rotatable bonds is 2. The summed E-state index contributed by atoms with van der Waals surface area (Å²) in [5.74, 6) is -0.470. The fourth-order valence-electron chi connectivity index (χ4n) is 1.71. The molecule has 6 heteroatoms. The predicted molar refractivity (Wildman–Crippen MR) is 64.4 cm³/mol. The van der Waals surface area contributed by atoms with Crippen LogP contribution in [0, 0.1) is 0 Å². The van der Waals surface area contributed by atoms with Gasteiger partial charge in [0.2, 0.25) is 0 Å². The van der Waals surface area contributed by atoms with E-state index in [4.69, 9.17) is 9.15 Å². The van der Waals surface area contributed by atoms with Gasteiger partial charge < -0.3 is 9.15 Å². The molecular formula is C12H9N3O3. The number of hydrogen-bond donors (Lipinski definition) is 1. The molecule has 6 nitrogen and oxygen atoms in total. The molecule has 1 aromatic carbocycles. The summed E-state index contributed by atoms with van der Waals surface area (Å²) < 4.78 is 9.90. The van der Waals surface area contributed by atoms with Gasteiger partial charge >= 0.3 is 11.8 Å². The lowest BCUT2D eigenvalue weighted by atomic mass is 10.1. The summed E-state index contributed by atoms with van der Waals surface area (Å²) in [6.45, 7) is 0. The normalized spacial score (nSPS) is 10.7. The highest BCUT2D eigenvalue weighted by Crippen LogP contribution is 2.22. The highest BCUT2D eigenvalue weighted by molar-refractivity contribution is 5.78. The van der Waals surface area contributed by atoms with Crippen LogP contribution in [0.4, 0.5) is 0 Å². The highest BCUT2D eigenvalue weighted by Gasteiger charge is 2.06. The zero-order valence-electron chi connectivity index (χ0n) is 9.51. The third kappa shape index (κ3) is 1.73. The Bertz CT molecular complexity index is 760. The third-order valence-electron chi connectivity index (χ3n) is 2.53. The van der Waals surface area contributed by atoms with Crippen LogP contribution in [0.5, 0.6) is 6.01 Å². The Morgan fingerprint density at radius 1 is 1.33 bits per heavy atom. The second-order valence-corrected chi connectivity index (χ2v) is 3.65. The number of fused-ring (bicyclic) bond motifs is 1. The molecule has 0 fully saturated rings. The molecule has 0 saturated carbocycles. The van der Waals surface area contributed by atoms with Crippen LogP contribution in [-0.2, 0) is 0 Å². The van der Waals surface area contributed by atoms with Crippen LogP contribution < -0.4 is 10.5 Å². The maximum atomic E-state index is 11.1. The molecule has 90 valence electrons. The summed E-state index contributed by atoms with van der Waals surface area (Å²) in [6.07, 6.45) is 1.61. The van der Waals surface area contributed by atoms with Crippen molar-refractivity contribution < 1.29 is 9.15 Å². The molecule has 18 heavy (non-hydrogen) atoms. The first kappa shape index (κ1) is 10.5. The van der Waals surface area contributed by atoms with Crippen molar-refractivity contribution in [3.05, 3.63) is 41.0 Å². The van der Waals surface area contributed by atoms with E-state index >= 15 is 0 Å². The van der Waals surface area contributed by atoms with Gasteiger partial charge in [0, 0.05) is 11.8 Å². The first-order chi connectivity index (χ1) is 8.76. The van der Waals surface area contributed by atoms with Crippen LogP contribution >= 0.6 is 0 Å². The Morgan fingerprint density at radius 3 is 3.06 bits per heavy atom. The van der Waals surface area contributed by atoms with Crippen molar-refractivity contribution in [2.75, 3.05) is 7.11 Å². The Balaban J connectivity index is 2.15. The number of nitrogens with zero attached hydrogens (tertiary/aromatic N) is 2. The van der Waals surface area contributed by atoms with Crippen molar-refractivity contribution in [2.45, 2.75) is 0 Å². The lowest BCUT2D eigenvalue weighted by Gasteiger charge is -2.02. The Kier molecular flexibility index (Phi) is 2.33. The van der Waals surface area contributed by atoms with Gasteiger partial charge in [0.25, 0.3) is 0 Å². The van der Waals surface area contributed by atoms with Crippen LogP contribution in [0.15, 0.2) is 39.7 Å². The van der Waals surface area contributed by atoms with Crippen LogP contribution in [0.3, 0.4) is 0 Å². The average molecular weight is 243 g/mol. The van der Waals surface area contributed by atoms with Crippen LogP contribution in [0.2, 0.25) is 0 Å². The lowest BCUT2D eigenvalue weighted by molar-refractivity contribution is 0.380. The van der Waals surface area contributed by atoms with Gasteiger partial charge in [0.15, 0.2) is 5.58 Å². The molecule has 0 radical (unpaired) electrons. The standard InChI is InChI=1S/C12H9N3O3/c1-17-11-13-5-4-8(14-11)7-2-3-10-9(6-7)15-12(16)18-10/h2-6H,1H3,(H,15,16). The fraction of sp³-hybridized carbons (Fsp3) is 0.0833. The van der Waals surface area contributed by atoms with Gasteiger partial charge in [-0.25, -0.2) is 9.78 Å². The maximum Gasteiger partial charge on any atom is 0.417 e. The number of H-pyrrole nitrogens is 1. The van der Waals surface area contributed by atoms with Gasteiger partial charge in [-0.05, 0) is 24.3 Å². The topological polar surface area (TPSA) is 81.0 Å². The van der Waals surface area contributed by atoms with E-state index in [0.717, 1.165) is 5.56 Å². The molecule has 0 saturated heterocycles. The smallest absolute Gasteiger partial charge is 0.417 e. The SMILES string of the molecule is COc1nccc(-c2ccc3oc(=O)[nH]c3c2)n1. The zero-order valence-corrected chi connectivity index (χ0v) is 9.51. The van der Waals surface area contributed by atoms with E-state index in [0.29, 0.717) is 22.8 Å². The van der Waals surface area contributed by atoms with Gasteiger partial charge in [-0.3, -0.25) is 4.98 Å². The second kappa shape index (κ2) is 3.99. The van der Waals surface area contributed by atoms with Crippen molar-refractivity contribution in [1.29, 1.82) is 0 Å². The van der Waals surface area contributed by atoms with Crippen LogP contribution in [0.1, 0.15) is 0 Å². The number of aromatic nitrogens is 3. The van der Waals surface area contributed by atoms with Crippen molar-refractivity contribution in [2.24, 2.45) is 0 Å². The number of hydrogen-bond acceptors (Lipinski definition) is 5. The zero-order chi connectivity index (χ0) is 12.5. The van der Waals surface area contributed by atoms with Crippen molar-refractivity contribution in [1.82, 2.24) is 15.0 Å². The fourth-order valence-corrected chi connectivity index (χ4v) is 1.71. The summed E-state index contributed by atoms with van der Waals surface area (Å²) in [6, 6.07) is 7.40. The highest BCUT2D eigenvalue weighted by atomic mass is 16.5. The predicted octanol–water partition coefficient (Wildman–Crippen LogP) is 1.59. The average Bonchev–Trinajstić information content (AvgIpc) is 2.77. The Morgan fingerprint density at radius 2 is 2.22 bits per heavy atom. The number of oxazole rings is 1. The molecule has 0 amide bonds. The van der Waals surface area contributed by atoms with E-state index < -0.39 is 5.76 Å². The van der Waals surface area contributed by atoms with Gasteiger partial charge in [-0.1, -0.05) is 0 Å². The number of nitrogens with one attached hydrogen (secondary N) is 1. The molecule has 0 aliphatic heterocycles. The molecule has 3 rings (SSSR count). The van der Waals surface area contributed by atoms with Crippen molar-refractivity contribution in [3.8, 4) is 17.3 Å². The van der Waals surface area contributed by atoms with E-state index in [2.05, 4.69) is 15.0 Å². The molecule has 0 atom stereocenters. The van der Waals surface area contributed by atoms with E-state index in [1.807, 2.05) is 6.07 Å². The molecule has 1 N–H and O–H groups in total. The summed E-state index contributed by atoms with van der Waals surface area (Å²) in [5.41, 5.74) is 2.71. The van der Waals surface area contributed by atoms with E-state index in [-0.39, 0.29) is 0 Å². The quantitative estimate of drug-likeness (QED) is 0.739. The largest absolute Gasteiger partial charge is 0.467 e. The minimum atomic E-state index is -0.470. The number of aromatic amines is 1. The molecule has 2 aromatic heterocycles. The number of methoxy groups -OCH3 is 1. The molecule has 0 spiro atoms. The van der Waals surface area contributed by atoms with E-state index in [1.54, 1.807) is 24.4 Å². The van der Waals surface area contributed by atoms with E-state index in [9.17, 15) is 4.79 Å². The van der Waals surface area contributed by atoms with Crippen LogP contribution in [0.25, 0.3) is 22.4 Å². The first-order valence-electron chi connectivity index (χ1n) is 5.26. The van der Waals surface area contributed by atoms with E-state index in [1.165, 1.54) is 7.11 Å². The second-order valence-electron chi connectivity index (χ2n) is 3.65. The maximum absolute atomic E-state index is 11.1. The lowest BCUT2D eigenvalue weighted by Crippen LogP contribution is -1.93. The first-order valence-corrected chi connectivity index (χ1v) is 5.26. The summed E-state index contributed by atoms with van der Waals surface area (Å²) >= 11 is 0. The minimum absolute atomic E-state index is 0.299. The molecule has 3 aromatic rings. The third-order valence-corrected chi connectivity index (χ3v) is 2.53. The molecular weight excluding hydrogens is 234 g/mol. The van der Waals surface area contributed by atoms with Crippen molar-refractivity contribution in [3.63, 3.8) is 0 Å². The molecule has 0 aliphatic rings. The van der Waals surface area contributed by atoms with Crippen molar-refractivity contribution >= 4 is 11.1 Å². The molecule has 2 heterocycles. The monoisotopic (exact) mass is 243 g/mol. The van der Waals surface area contributed by atoms with Gasteiger partial charge in [0.05, 0.1) is 18.3 Å². The minimum Gasteiger partial charge on any atom is -0.467 e. The van der Waals surface area contributed by atoms with Gasteiger partial charge in [-0.2, -0.15) is 4.98 Å². The summed E-state index contributed by atoms with van der Waals surface area (Å²) in [7, 11) is 1.51. The molecule has 0 unspecified atom stereocenters. The summed E-state index contributed by atoms with van der Waals surface area (Å²) in [5, 5.41) is 0. The molecule has 0 bridgehead atoms. The van der Waals surface area contributed by atoms with Gasteiger partial charge in [-0.15, -0.1) is 0 Å². The summed E-state index contributed by atoms with van der Waals surface area (Å²) in [4.78, 5) is 21.8. The van der Waals surface area contributed by atoms with Gasteiger partial charge in [0.1, 0.15) is 0 Å².